The predicted octanol–water partition coefficient (Wildman–Crippen LogP) is 3.91. The fraction of sp³-hybridized carbons (Fsp3) is 0.483. The van der Waals surface area contributed by atoms with Gasteiger partial charge in [-0.3, -0.25) is 4.79 Å². The molecule has 2 aromatic carbocycles. The SMILES string of the molecule is COCCCS(=O)(=O)N1CCC(c2c[nH]c3c(CC(N)=O)cc(-c4cccc(CNC(C)C)c4)cc23)CC1. The molecule has 3 aromatic rings. The zero-order chi connectivity index (χ0) is 27.3. The zero-order valence-electron chi connectivity index (χ0n) is 22.6. The summed E-state index contributed by atoms with van der Waals surface area (Å²) in [5.74, 6) is -0.0293. The highest BCUT2D eigenvalue weighted by molar-refractivity contribution is 7.89. The Morgan fingerprint density at radius 3 is 2.63 bits per heavy atom. The van der Waals surface area contributed by atoms with Crippen LogP contribution in [0.15, 0.2) is 42.6 Å². The number of piperidine rings is 1. The first-order valence-electron chi connectivity index (χ1n) is 13.4. The Kier molecular flexibility index (Phi) is 9.25. The van der Waals surface area contributed by atoms with E-state index >= 15 is 0 Å². The summed E-state index contributed by atoms with van der Waals surface area (Å²) in [7, 11) is -1.69. The van der Waals surface area contributed by atoms with Gasteiger partial charge in [-0.1, -0.05) is 32.0 Å². The minimum absolute atomic E-state index is 0.115. The lowest BCUT2D eigenvalue weighted by Gasteiger charge is -2.31. The van der Waals surface area contributed by atoms with Crippen LogP contribution in [0.5, 0.6) is 0 Å². The van der Waals surface area contributed by atoms with E-state index in [-0.39, 0.29) is 24.0 Å². The molecule has 1 aromatic heterocycles. The molecule has 1 aliphatic rings. The number of benzene rings is 2. The second kappa shape index (κ2) is 12.4. The van der Waals surface area contributed by atoms with Gasteiger partial charge in [0.05, 0.1) is 12.2 Å². The lowest BCUT2D eigenvalue weighted by Crippen LogP contribution is -2.39. The molecule has 0 aliphatic carbocycles. The summed E-state index contributed by atoms with van der Waals surface area (Å²) < 4.78 is 32.1. The molecule has 4 N–H and O–H groups in total. The van der Waals surface area contributed by atoms with E-state index in [9.17, 15) is 13.2 Å². The molecule has 8 nitrogen and oxygen atoms in total. The lowest BCUT2D eigenvalue weighted by atomic mass is 9.88. The van der Waals surface area contributed by atoms with Crippen molar-refractivity contribution in [2.75, 3.05) is 32.6 Å². The first-order valence-corrected chi connectivity index (χ1v) is 15.0. The van der Waals surface area contributed by atoms with E-state index < -0.39 is 10.0 Å². The summed E-state index contributed by atoms with van der Waals surface area (Å²) in [5, 5.41) is 4.54. The van der Waals surface area contributed by atoms with Crippen LogP contribution in [0.1, 0.15) is 55.7 Å². The Hall–Kier alpha value is -2.72. The van der Waals surface area contributed by atoms with Gasteiger partial charge in [0.2, 0.25) is 15.9 Å². The van der Waals surface area contributed by atoms with Crippen LogP contribution in [0, 0.1) is 0 Å². The summed E-state index contributed by atoms with van der Waals surface area (Å²) in [4.78, 5) is 15.3. The number of sulfonamides is 1. The van der Waals surface area contributed by atoms with E-state index in [4.69, 9.17) is 10.5 Å². The fourth-order valence-electron chi connectivity index (χ4n) is 5.30. The molecule has 206 valence electrons. The summed E-state index contributed by atoms with van der Waals surface area (Å²) >= 11 is 0. The molecule has 1 aliphatic heterocycles. The second-order valence-corrected chi connectivity index (χ2v) is 12.6. The van der Waals surface area contributed by atoms with Crippen molar-refractivity contribution in [3.05, 3.63) is 59.3 Å². The molecule has 0 saturated carbocycles. The number of nitrogens with zero attached hydrogens (tertiary/aromatic N) is 1. The van der Waals surface area contributed by atoms with Gasteiger partial charge in [0.1, 0.15) is 0 Å². The van der Waals surface area contributed by atoms with Crippen molar-refractivity contribution in [1.29, 1.82) is 0 Å². The number of carbonyl (C=O) groups is 1. The van der Waals surface area contributed by atoms with Crippen LogP contribution < -0.4 is 11.1 Å². The number of amides is 1. The van der Waals surface area contributed by atoms with Crippen LogP contribution in [0.25, 0.3) is 22.0 Å². The normalized spacial score (nSPS) is 15.5. The third kappa shape index (κ3) is 6.83. The minimum Gasteiger partial charge on any atom is -0.385 e. The lowest BCUT2D eigenvalue weighted by molar-refractivity contribution is -0.117. The minimum atomic E-state index is -3.28. The van der Waals surface area contributed by atoms with Crippen LogP contribution in [0.2, 0.25) is 0 Å². The Labute approximate surface area is 226 Å². The van der Waals surface area contributed by atoms with Crippen molar-refractivity contribution in [3.63, 3.8) is 0 Å². The quantitative estimate of drug-likeness (QED) is 0.301. The molecule has 0 atom stereocenters. The van der Waals surface area contributed by atoms with Gasteiger partial charge in [-0.2, -0.15) is 0 Å². The van der Waals surface area contributed by atoms with Crippen molar-refractivity contribution in [2.24, 2.45) is 5.73 Å². The van der Waals surface area contributed by atoms with Crippen molar-refractivity contribution in [3.8, 4) is 11.1 Å². The highest BCUT2D eigenvalue weighted by Crippen LogP contribution is 2.37. The van der Waals surface area contributed by atoms with Crippen molar-refractivity contribution >= 4 is 26.8 Å². The van der Waals surface area contributed by atoms with Gasteiger partial charge in [0.25, 0.3) is 0 Å². The zero-order valence-corrected chi connectivity index (χ0v) is 23.4. The van der Waals surface area contributed by atoms with E-state index in [1.165, 1.54) is 11.1 Å². The number of nitrogens with one attached hydrogen (secondary N) is 2. The summed E-state index contributed by atoms with van der Waals surface area (Å²) in [6.07, 6.45) is 4.18. The monoisotopic (exact) mass is 540 g/mol. The van der Waals surface area contributed by atoms with Crippen LogP contribution in [0.4, 0.5) is 0 Å². The third-order valence-electron chi connectivity index (χ3n) is 7.28. The van der Waals surface area contributed by atoms with Crippen LogP contribution in [-0.4, -0.2) is 62.2 Å². The van der Waals surface area contributed by atoms with Gasteiger partial charge in [-0.05, 0) is 71.2 Å². The number of aromatic amines is 1. The van der Waals surface area contributed by atoms with Crippen molar-refractivity contribution in [2.45, 2.75) is 58.0 Å². The largest absolute Gasteiger partial charge is 0.385 e. The van der Waals surface area contributed by atoms with Crippen molar-refractivity contribution in [1.82, 2.24) is 14.6 Å². The number of methoxy groups -OCH3 is 1. The number of carbonyl (C=O) groups excluding carboxylic acids is 1. The number of hydrogen-bond acceptors (Lipinski definition) is 5. The number of ether oxygens (including phenoxy) is 1. The van der Waals surface area contributed by atoms with Crippen molar-refractivity contribution < 1.29 is 17.9 Å². The Bertz CT molecular complexity index is 1360. The molecular formula is C29H40N4O4S. The Balaban J connectivity index is 1.62. The van der Waals surface area contributed by atoms with E-state index in [1.807, 2.05) is 6.20 Å². The summed E-state index contributed by atoms with van der Waals surface area (Å²) in [6, 6.07) is 13.1. The van der Waals surface area contributed by atoms with Crippen LogP contribution >= 0.6 is 0 Å². The molecule has 0 radical (unpaired) electrons. The van der Waals surface area contributed by atoms with Crippen LogP contribution in [0.3, 0.4) is 0 Å². The molecule has 4 rings (SSSR count). The third-order valence-corrected chi connectivity index (χ3v) is 9.24. The van der Waals surface area contributed by atoms with Gasteiger partial charge in [0, 0.05) is 56.5 Å². The molecule has 9 heteroatoms. The van der Waals surface area contributed by atoms with Gasteiger partial charge in [-0.25, -0.2) is 12.7 Å². The fourth-order valence-corrected chi connectivity index (χ4v) is 6.81. The van der Waals surface area contributed by atoms with E-state index in [0.29, 0.717) is 32.2 Å². The van der Waals surface area contributed by atoms with Gasteiger partial charge in [0.15, 0.2) is 0 Å². The molecule has 2 heterocycles. The number of H-pyrrole nitrogens is 1. The van der Waals surface area contributed by atoms with Gasteiger partial charge < -0.3 is 20.8 Å². The van der Waals surface area contributed by atoms with E-state index in [0.717, 1.165) is 47.0 Å². The molecule has 1 amide bonds. The number of nitrogens with two attached hydrogens (primary N) is 1. The maximum Gasteiger partial charge on any atom is 0.221 e. The Morgan fingerprint density at radius 1 is 1.18 bits per heavy atom. The number of aromatic nitrogens is 1. The van der Waals surface area contributed by atoms with Crippen LogP contribution in [-0.2, 0) is 32.5 Å². The highest BCUT2D eigenvalue weighted by Gasteiger charge is 2.29. The molecule has 1 fully saturated rings. The standard InChI is InChI=1S/C29H40N4O4S/c1-20(2)31-18-21-6-4-7-23(14-21)24-15-25(17-28(30)34)29-26(16-24)27(19-32-29)22-8-10-33(11-9-22)38(35,36)13-5-12-37-3/h4,6-7,14-16,19-20,22,31-32H,5,8-13,17-18H2,1-3H3,(H2,30,34). The second-order valence-electron chi connectivity index (χ2n) is 10.5. The summed E-state index contributed by atoms with van der Waals surface area (Å²) in [5.41, 5.74) is 11.9. The van der Waals surface area contributed by atoms with Gasteiger partial charge >= 0.3 is 0 Å². The smallest absolute Gasteiger partial charge is 0.221 e. The predicted molar refractivity (Wildman–Crippen MR) is 152 cm³/mol. The molecule has 0 spiro atoms. The maximum atomic E-state index is 12.7. The molecular weight excluding hydrogens is 500 g/mol. The molecule has 0 bridgehead atoms. The molecule has 0 unspecified atom stereocenters. The maximum absolute atomic E-state index is 12.7. The van der Waals surface area contributed by atoms with E-state index in [1.54, 1.807) is 11.4 Å². The average molecular weight is 541 g/mol. The topological polar surface area (TPSA) is 118 Å². The van der Waals surface area contributed by atoms with Gasteiger partial charge in [-0.15, -0.1) is 0 Å². The molecule has 1 saturated heterocycles. The van der Waals surface area contributed by atoms with E-state index in [2.05, 4.69) is 60.5 Å². The molecule has 38 heavy (non-hydrogen) atoms. The summed E-state index contributed by atoms with van der Waals surface area (Å²) in [6.45, 7) is 6.49. The number of primary amides is 1. The number of rotatable bonds is 12. The number of hydrogen-bond donors (Lipinski definition) is 3. The highest BCUT2D eigenvalue weighted by atomic mass is 32.2. The average Bonchev–Trinajstić information content (AvgIpc) is 3.32. The Morgan fingerprint density at radius 2 is 1.95 bits per heavy atom. The number of fused-ring (bicyclic) bond motifs is 1. The first-order chi connectivity index (χ1) is 18.2. The first kappa shape index (κ1) is 28.3.